The van der Waals surface area contributed by atoms with Crippen molar-refractivity contribution in [2.75, 3.05) is 12.4 Å². The molecule has 0 spiro atoms. The van der Waals surface area contributed by atoms with Crippen molar-refractivity contribution < 1.29 is 17.9 Å². The molecule has 9 nitrogen and oxygen atoms in total. The number of ether oxygens (including phenoxy) is 1. The number of methoxy groups -OCH3 is 1. The first-order valence-corrected chi connectivity index (χ1v) is 9.96. The van der Waals surface area contributed by atoms with Crippen LogP contribution in [0.5, 0.6) is 5.75 Å². The van der Waals surface area contributed by atoms with Gasteiger partial charge < -0.3 is 10.1 Å². The number of hydrogen-bond donors (Lipinski definition) is 2. The molecule has 3 aromatic rings. The van der Waals surface area contributed by atoms with Crippen LogP contribution in [-0.2, 0) is 15.8 Å². The minimum atomic E-state index is -3.61. The Kier molecular flexibility index (Phi) is 5.43. The Hall–Kier alpha value is -3.24. The topological polar surface area (TPSA) is 129 Å². The number of nitrogens with two attached hydrogens (primary N) is 1. The summed E-state index contributed by atoms with van der Waals surface area (Å²) in [6.45, 7) is 1.74. The van der Waals surface area contributed by atoms with Crippen LogP contribution >= 0.6 is 0 Å². The molecule has 0 aliphatic carbocycles. The van der Waals surface area contributed by atoms with Gasteiger partial charge in [-0.3, -0.25) is 4.79 Å². The normalized spacial score (nSPS) is 11.2. The molecule has 0 fully saturated rings. The summed E-state index contributed by atoms with van der Waals surface area (Å²) in [5.74, 6) is -0.0290. The molecule has 3 N–H and O–H groups in total. The second kappa shape index (κ2) is 7.79. The molecule has 0 unspecified atom stereocenters. The smallest absolute Gasteiger partial charge is 0.278 e. The van der Waals surface area contributed by atoms with Gasteiger partial charge in [-0.1, -0.05) is 23.4 Å². The van der Waals surface area contributed by atoms with E-state index in [2.05, 4.69) is 15.6 Å². The first-order valence-electron chi connectivity index (χ1n) is 8.24. The zero-order valence-electron chi connectivity index (χ0n) is 15.3. The molecular weight excluding hydrogens is 382 g/mol. The maximum Gasteiger partial charge on any atom is 0.278 e. The molecule has 0 saturated carbocycles. The maximum atomic E-state index is 12.5. The van der Waals surface area contributed by atoms with E-state index in [1.165, 1.54) is 0 Å². The standard InChI is InChI=1S/C18H19N5O4S/c1-12-17(21-22-23(12)15-4-3-5-16(10-15)27-2)18(24)20-14-8-6-13(7-9-14)11-28(19,25)26/h3-10H,11H2,1-2H3,(H,20,24)(H2,19,25,26). The number of carbonyl (C=O) groups is 1. The van der Waals surface area contributed by atoms with Crippen molar-refractivity contribution in [1.29, 1.82) is 0 Å². The second-order valence-electron chi connectivity index (χ2n) is 6.09. The Labute approximate surface area is 162 Å². The molecule has 0 atom stereocenters. The highest BCUT2D eigenvalue weighted by Gasteiger charge is 2.18. The van der Waals surface area contributed by atoms with E-state index in [1.807, 2.05) is 18.2 Å². The molecule has 0 aliphatic heterocycles. The summed E-state index contributed by atoms with van der Waals surface area (Å²) < 4.78 is 29.0. The number of nitrogens with one attached hydrogen (secondary N) is 1. The lowest BCUT2D eigenvalue weighted by Gasteiger charge is -2.07. The van der Waals surface area contributed by atoms with Crippen molar-refractivity contribution in [2.45, 2.75) is 12.7 Å². The van der Waals surface area contributed by atoms with Gasteiger partial charge in [-0.15, -0.1) is 5.10 Å². The summed E-state index contributed by atoms with van der Waals surface area (Å²) in [5.41, 5.74) is 2.49. The van der Waals surface area contributed by atoms with Gasteiger partial charge in [-0.2, -0.15) is 0 Å². The summed E-state index contributed by atoms with van der Waals surface area (Å²) in [6.07, 6.45) is 0. The van der Waals surface area contributed by atoms with Crippen LogP contribution in [0.25, 0.3) is 5.69 Å². The molecule has 1 aromatic heterocycles. The number of nitrogens with zero attached hydrogens (tertiary/aromatic N) is 3. The fourth-order valence-electron chi connectivity index (χ4n) is 2.63. The van der Waals surface area contributed by atoms with Crippen LogP contribution in [-0.4, -0.2) is 36.4 Å². The predicted molar refractivity (Wildman–Crippen MR) is 104 cm³/mol. The van der Waals surface area contributed by atoms with Gasteiger partial charge in [0.15, 0.2) is 5.69 Å². The maximum absolute atomic E-state index is 12.5. The highest BCUT2D eigenvalue weighted by molar-refractivity contribution is 7.88. The van der Waals surface area contributed by atoms with Crippen LogP contribution in [0.3, 0.4) is 0 Å². The van der Waals surface area contributed by atoms with Crippen LogP contribution < -0.4 is 15.2 Å². The Morgan fingerprint density at radius 3 is 2.57 bits per heavy atom. The highest BCUT2D eigenvalue weighted by atomic mass is 32.2. The molecule has 0 saturated heterocycles. The summed E-state index contributed by atoms with van der Waals surface area (Å²) in [4.78, 5) is 12.5. The van der Waals surface area contributed by atoms with Gasteiger partial charge in [-0.25, -0.2) is 18.2 Å². The van der Waals surface area contributed by atoms with Crippen molar-refractivity contribution in [3.05, 3.63) is 65.5 Å². The Morgan fingerprint density at radius 2 is 1.93 bits per heavy atom. The fourth-order valence-corrected chi connectivity index (χ4v) is 3.29. The van der Waals surface area contributed by atoms with E-state index >= 15 is 0 Å². The van der Waals surface area contributed by atoms with E-state index in [9.17, 15) is 13.2 Å². The zero-order valence-corrected chi connectivity index (χ0v) is 16.1. The first-order chi connectivity index (χ1) is 13.3. The summed E-state index contributed by atoms with van der Waals surface area (Å²) in [6, 6.07) is 13.6. The van der Waals surface area contributed by atoms with Gasteiger partial charge in [0.25, 0.3) is 5.91 Å². The molecule has 146 valence electrons. The number of amides is 1. The number of aromatic nitrogens is 3. The lowest BCUT2D eigenvalue weighted by molar-refractivity contribution is 0.102. The van der Waals surface area contributed by atoms with Crippen molar-refractivity contribution in [2.24, 2.45) is 5.14 Å². The molecule has 1 amide bonds. The van der Waals surface area contributed by atoms with Gasteiger partial charge in [0.05, 0.1) is 24.2 Å². The molecule has 0 radical (unpaired) electrons. The minimum absolute atomic E-state index is 0.177. The number of anilines is 1. The molecule has 0 aliphatic rings. The van der Waals surface area contributed by atoms with Crippen molar-refractivity contribution >= 4 is 21.6 Å². The summed E-state index contributed by atoms with van der Waals surface area (Å²) in [5, 5.41) is 15.8. The van der Waals surface area contributed by atoms with Crippen molar-refractivity contribution in [3.8, 4) is 11.4 Å². The number of primary sulfonamides is 1. The molecule has 28 heavy (non-hydrogen) atoms. The quantitative estimate of drug-likeness (QED) is 0.646. The summed E-state index contributed by atoms with van der Waals surface area (Å²) >= 11 is 0. The molecule has 3 rings (SSSR count). The van der Waals surface area contributed by atoms with E-state index in [0.29, 0.717) is 22.7 Å². The number of benzene rings is 2. The Balaban J connectivity index is 1.77. The van der Waals surface area contributed by atoms with E-state index in [1.54, 1.807) is 49.0 Å². The lowest BCUT2D eigenvalue weighted by Crippen LogP contribution is -2.15. The van der Waals surface area contributed by atoms with Crippen LogP contribution in [0.15, 0.2) is 48.5 Å². The third kappa shape index (κ3) is 4.53. The third-order valence-corrected chi connectivity index (χ3v) is 4.72. The second-order valence-corrected chi connectivity index (χ2v) is 7.71. The average molecular weight is 401 g/mol. The van der Waals surface area contributed by atoms with Gasteiger partial charge in [-0.05, 0) is 36.8 Å². The summed E-state index contributed by atoms with van der Waals surface area (Å²) in [7, 11) is -2.04. The fraction of sp³-hybridized carbons (Fsp3) is 0.167. The molecular formula is C18H19N5O4S. The number of rotatable bonds is 6. The van der Waals surface area contributed by atoms with Crippen molar-refractivity contribution in [3.63, 3.8) is 0 Å². The minimum Gasteiger partial charge on any atom is -0.497 e. The van der Waals surface area contributed by atoms with Crippen molar-refractivity contribution in [1.82, 2.24) is 15.0 Å². The Bertz CT molecular complexity index is 1110. The number of hydrogen-bond acceptors (Lipinski definition) is 6. The van der Waals surface area contributed by atoms with Crippen LogP contribution in [0, 0.1) is 6.92 Å². The molecule has 10 heteroatoms. The van der Waals surface area contributed by atoms with Gasteiger partial charge in [0, 0.05) is 11.8 Å². The lowest BCUT2D eigenvalue weighted by atomic mass is 10.2. The highest BCUT2D eigenvalue weighted by Crippen LogP contribution is 2.19. The van der Waals surface area contributed by atoms with Gasteiger partial charge >= 0.3 is 0 Å². The van der Waals surface area contributed by atoms with Crippen LogP contribution in [0.2, 0.25) is 0 Å². The van der Waals surface area contributed by atoms with E-state index in [4.69, 9.17) is 9.88 Å². The van der Waals surface area contributed by atoms with Gasteiger partial charge in [0.1, 0.15) is 5.75 Å². The third-order valence-electron chi connectivity index (χ3n) is 3.99. The van der Waals surface area contributed by atoms with Crippen LogP contribution in [0.4, 0.5) is 5.69 Å². The zero-order chi connectivity index (χ0) is 20.3. The van der Waals surface area contributed by atoms with E-state index < -0.39 is 15.9 Å². The van der Waals surface area contributed by atoms with Crippen LogP contribution in [0.1, 0.15) is 21.7 Å². The van der Waals surface area contributed by atoms with Gasteiger partial charge in [0.2, 0.25) is 10.0 Å². The number of sulfonamides is 1. The number of carbonyl (C=O) groups excluding carboxylic acids is 1. The molecule has 2 aromatic carbocycles. The Morgan fingerprint density at radius 1 is 1.21 bits per heavy atom. The molecule has 1 heterocycles. The molecule has 0 bridgehead atoms. The van der Waals surface area contributed by atoms with E-state index in [-0.39, 0.29) is 11.4 Å². The average Bonchev–Trinajstić information content (AvgIpc) is 3.04. The SMILES string of the molecule is COc1cccc(-n2nnc(C(=O)Nc3ccc(CS(N)(=O)=O)cc3)c2C)c1. The monoisotopic (exact) mass is 401 g/mol. The largest absolute Gasteiger partial charge is 0.497 e. The van der Waals surface area contributed by atoms with E-state index in [0.717, 1.165) is 5.69 Å². The first kappa shape index (κ1) is 19.5. The predicted octanol–water partition coefficient (Wildman–Crippen LogP) is 1.63.